The minimum Gasteiger partial charge on any atom is -0.496 e. The number of esters is 1. The Kier molecular flexibility index (Phi) is 5.38. The van der Waals surface area contributed by atoms with Gasteiger partial charge in [-0.25, -0.2) is 4.79 Å². The lowest BCUT2D eigenvalue weighted by molar-refractivity contribution is -0.119. The van der Waals surface area contributed by atoms with Gasteiger partial charge in [0.05, 0.1) is 17.8 Å². The Hall–Kier alpha value is -2.53. The van der Waals surface area contributed by atoms with Crippen LogP contribution in [-0.2, 0) is 9.53 Å². The van der Waals surface area contributed by atoms with Crippen molar-refractivity contribution in [3.63, 3.8) is 0 Å². The second-order valence-electron chi connectivity index (χ2n) is 4.30. The highest BCUT2D eigenvalue weighted by atomic mass is 35.5. The first-order valence-corrected chi connectivity index (χ1v) is 6.84. The first-order valence-electron chi connectivity index (χ1n) is 6.46. The lowest BCUT2D eigenvalue weighted by atomic mass is 10.2. The third-order valence-corrected chi connectivity index (χ3v) is 3.14. The fourth-order valence-electron chi connectivity index (χ4n) is 1.77. The number of ether oxygens (including phenoxy) is 2. The van der Waals surface area contributed by atoms with Crippen LogP contribution >= 0.6 is 11.6 Å². The first-order chi connectivity index (χ1) is 10.6. The summed E-state index contributed by atoms with van der Waals surface area (Å²) in [6, 6.07) is 13.4. The summed E-state index contributed by atoms with van der Waals surface area (Å²) in [6.45, 7) is -0.415. The molecule has 2 rings (SSSR count). The maximum atomic E-state index is 11.9. The quantitative estimate of drug-likeness (QED) is 0.860. The molecular formula is C16H14ClNO4. The molecule has 0 aliphatic heterocycles. The minimum atomic E-state index is -0.633. The number of hydrogen-bond donors (Lipinski definition) is 1. The summed E-state index contributed by atoms with van der Waals surface area (Å²) in [7, 11) is 1.45. The monoisotopic (exact) mass is 319 g/mol. The topological polar surface area (TPSA) is 64.6 Å². The molecule has 0 fully saturated rings. The van der Waals surface area contributed by atoms with Gasteiger partial charge in [-0.1, -0.05) is 35.9 Å². The summed E-state index contributed by atoms with van der Waals surface area (Å²) in [6.07, 6.45) is 0. The van der Waals surface area contributed by atoms with Gasteiger partial charge in [0, 0.05) is 0 Å². The Morgan fingerprint density at radius 3 is 2.50 bits per heavy atom. The standard InChI is InChI=1S/C16H14ClNO4/c1-21-14-9-5-2-6-11(14)16(20)22-10-15(19)18-13-8-4-3-7-12(13)17/h2-9H,10H2,1H3,(H,18,19). The van der Waals surface area contributed by atoms with Crippen molar-refractivity contribution in [3.8, 4) is 5.75 Å². The molecule has 0 aliphatic rings. The van der Waals surface area contributed by atoms with E-state index < -0.39 is 18.5 Å². The number of hydrogen-bond acceptors (Lipinski definition) is 4. The molecule has 114 valence electrons. The molecule has 6 heteroatoms. The van der Waals surface area contributed by atoms with Gasteiger partial charge in [-0.05, 0) is 24.3 Å². The van der Waals surface area contributed by atoms with Gasteiger partial charge in [0.15, 0.2) is 6.61 Å². The summed E-state index contributed by atoms with van der Waals surface area (Å²) in [5.41, 5.74) is 0.720. The van der Waals surface area contributed by atoms with E-state index in [0.717, 1.165) is 0 Å². The molecule has 0 heterocycles. The Morgan fingerprint density at radius 2 is 1.77 bits per heavy atom. The number of benzene rings is 2. The van der Waals surface area contributed by atoms with Gasteiger partial charge < -0.3 is 14.8 Å². The zero-order valence-corrected chi connectivity index (χ0v) is 12.6. The molecule has 0 spiro atoms. The largest absolute Gasteiger partial charge is 0.496 e. The summed E-state index contributed by atoms with van der Waals surface area (Å²) in [5.74, 6) is -0.720. The van der Waals surface area contributed by atoms with E-state index in [1.807, 2.05) is 0 Å². The number of anilines is 1. The number of rotatable bonds is 5. The van der Waals surface area contributed by atoms with Crippen LogP contribution in [0.3, 0.4) is 0 Å². The summed E-state index contributed by atoms with van der Waals surface area (Å²) in [5, 5.41) is 2.98. The van der Waals surface area contributed by atoms with Crippen molar-refractivity contribution in [1.29, 1.82) is 0 Å². The van der Waals surface area contributed by atoms with Gasteiger partial charge in [-0.15, -0.1) is 0 Å². The zero-order chi connectivity index (χ0) is 15.9. The van der Waals surface area contributed by atoms with Crippen LogP contribution in [0.2, 0.25) is 5.02 Å². The second kappa shape index (κ2) is 7.47. The van der Waals surface area contributed by atoms with Gasteiger partial charge in [-0.2, -0.15) is 0 Å². The van der Waals surface area contributed by atoms with E-state index in [9.17, 15) is 9.59 Å². The van der Waals surface area contributed by atoms with Crippen LogP contribution in [0.1, 0.15) is 10.4 Å². The van der Waals surface area contributed by atoms with Crippen molar-refractivity contribution >= 4 is 29.2 Å². The highest BCUT2D eigenvalue weighted by Gasteiger charge is 2.15. The number of amides is 1. The molecule has 22 heavy (non-hydrogen) atoms. The van der Waals surface area contributed by atoms with E-state index in [4.69, 9.17) is 21.1 Å². The molecular weight excluding hydrogens is 306 g/mol. The molecule has 0 saturated heterocycles. The Balaban J connectivity index is 1.94. The van der Waals surface area contributed by atoms with E-state index in [1.165, 1.54) is 7.11 Å². The number of carbonyl (C=O) groups excluding carboxylic acids is 2. The van der Waals surface area contributed by atoms with Crippen LogP contribution in [0.5, 0.6) is 5.75 Å². The van der Waals surface area contributed by atoms with Crippen LogP contribution < -0.4 is 10.1 Å². The fourth-order valence-corrected chi connectivity index (χ4v) is 1.95. The average molecular weight is 320 g/mol. The molecule has 2 aromatic carbocycles. The van der Waals surface area contributed by atoms with Crippen molar-refractivity contribution in [2.24, 2.45) is 0 Å². The molecule has 0 aliphatic carbocycles. The normalized spacial score (nSPS) is 9.91. The predicted octanol–water partition coefficient (Wildman–Crippen LogP) is 3.14. The molecule has 0 atom stereocenters. The van der Waals surface area contributed by atoms with E-state index in [0.29, 0.717) is 16.5 Å². The van der Waals surface area contributed by atoms with Crippen molar-refractivity contribution in [3.05, 3.63) is 59.1 Å². The van der Waals surface area contributed by atoms with Crippen LogP contribution in [0.15, 0.2) is 48.5 Å². The average Bonchev–Trinajstić information content (AvgIpc) is 2.54. The molecule has 0 unspecified atom stereocenters. The number of para-hydroxylation sites is 2. The zero-order valence-electron chi connectivity index (χ0n) is 11.8. The van der Waals surface area contributed by atoms with Crippen LogP contribution in [0.4, 0.5) is 5.69 Å². The van der Waals surface area contributed by atoms with Crippen molar-refractivity contribution in [2.75, 3.05) is 19.0 Å². The number of carbonyl (C=O) groups is 2. The third-order valence-electron chi connectivity index (χ3n) is 2.81. The maximum absolute atomic E-state index is 11.9. The van der Waals surface area contributed by atoms with Gasteiger partial charge in [-0.3, -0.25) is 4.79 Å². The Bertz CT molecular complexity index is 687. The van der Waals surface area contributed by atoms with Gasteiger partial charge >= 0.3 is 5.97 Å². The summed E-state index contributed by atoms with van der Waals surface area (Å²) < 4.78 is 10.0. The number of methoxy groups -OCH3 is 1. The lowest BCUT2D eigenvalue weighted by Gasteiger charge is -2.09. The smallest absolute Gasteiger partial charge is 0.342 e. The minimum absolute atomic E-state index is 0.260. The molecule has 1 amide bonds. The molecule has 0 aromatic heterocycles. The van der Waals surface area contributed by atoms with Gasteiger partial charge in [0.1, 0.15) is 11.3 Å². The fraction of sp³-hybridized carbons (Fsp3) is 0.125. The number of halogens is 1. The molecule has 1 N–H and O–H groups in total. The second-order valence-corrected chi connectivity index (χ2v) is 4.71. The predicted molar refractivity (Wildman–Crippen MR) is 83.4 cm³/mol. The molecule has 0 bridgehead atoms. The van der Waals surface area contributed by atoms with Crippen LogP contribution in [-0.4, -0.2) is 25.6 Å². The molecule has 0 saturated carbocycles. The lowest BCUT2D eigenvalue weighted by Crippen LogP contribution is -2.21. The highest BCUT2D eigenvalue weighted by Crippen LogP contribution is 2.20. The Labute approximate surface area is 132 Å². The first kappa shape index (κ1) is 15.9. The summed E-state index contributed by atoms with van der Waals surface area (Å²) in [4.78, 5) is 23.7. The van der Waals surface area contributed by atoms with Crippen LogP contribution in [0, 0.1) is 0 Å². The van der Waals surface area contributed by atoms with E-state index in [1.54, 1.807) is 48.5 Å². The Morgan fingerprint density at radius 1 is 1.09 bits per heavy atom. The van der Waals surface area contributed by atoms with Crippen molar-refractivity contribution < 1.29 is 19.1 Å². The number of nitrogens with one attached hydrogen (secondary N) is 1. The van der Waals surface area contributed by atoms with E-state index in [2.05, 4.69) is 5.32 Å². The summed E-state index contributed by atoms with van der Waals surface area (Å²) >= 11 is 5.93. The molecule has 0 radical (unpaired) electrons. The van der Waals surface area contributed by atoms with E-state index >= 15 is 0 Å². The maximum Gasteiger partial charge on any atom is 0.342 e. The van der Waals surface area contributed by atoms with Crippen molar-refractivity contribution in [2.45, 2.75) is 0 Å². The highest BCUT2D eigenvalue weighted by molar-refractivity contribution is 6.33. The van der Waals surface area contributed by atoms with Gasteiger partial charge in [0.2, 0.25) is 0 Å². The van der Waals surface area contributed by atoms with Crippen molar-refractivity contribution in [1.82, 2.24) is 0 Å². The van der Waals surface area contributed by atoms with Gasteiger partial charge in [0.25, 0.3) is 5.91 Å². The third kappa shape index (κ3) is 3.99. The van der Waals surface area contributed by atoms with Crippen LogP contribution in [0.25, 0.3) is 0 Å². The molecule has 2 aromatic rings. The van der Waals surface area contributed by atoms with E-state index in [-0.39, 0.29) is 5.56 Å². The SMILES string of the molecule is COc1ccccc1C(=O)OCC(=O)Nc1ccccc1Cl. The molecule has 5 nitrogen and oxygen atoms in total.